The fourth-order valence-electron chi connectivity index (χ4n) is 3.37. The number of amides is 1. The van der Waals surface area contributed by atoms with Crippen LogP contribution < -0.4 is 5.73 Å². The highest BCUT2D eigenvalue weighted by atomic mass is 16.2. The molecular weight excluding hydrogens is 290 g/mol. The van der Waals surface area contributed by atoms with Gasteiger partial charge in [0.05, 0.1) is 17.1 Å². The van der Waals surface area contributed by atoms with Crippen molar-refractivity contribution in [2.45, 2.75) is 52.1 Å². The molecule has 0 spiro atoms. The second-order valence-corrected chi connectivity index (χ2v) is 6.62. The number of carbonyl (C=O) groups is 1. The number of hydrogen-bond donors (Lipinski definition) is 1. The van der Waals surface area contributed by atoms with Crippen LogP contribution >= 0.6 is 0 Å². The molecule has 6 nitrogen and oxygen atoms in total. The van der Waals surface area contributed by atoms with Crippen LogP contribution in [0.3, 0.4) is 0 Å². The van der Waals surface area contributed by atoms with Gasteiger partial charge in [-0.25, -0.2) is 9.67 Å². The summed E-state index contributed by atoms with van der Waals surface area (Å²) in [5.74, 6) is 0.0546. The Morgan fingerprint density at radius 3 is 2.91 bits per heavy atom. The van der Waals surface area contributed by atoms with E-state index >= 15 is 0 Å². The van der Waals surface area contributed by atoms with Gasteiger partial charge in [-0.05, 0) is 46.1 Å². The van der Waals surface area contributed by atoms with Crippen LogP contribution in [0.5, 0.6) is 0 Å². The molecule has 1 aliphatic rings. The van der Waals surface area contributed by atoms with E-state index in [-0.39, 0.29) is 18.0 Å². The lowest BCUT2D eigenvalue weighted by Crippen LogP contribution is -2.47. The van der Waals surface area contributed by atoms with Crippen LogP contribution in [0.2, 0.25) is 0 Å². The van der Waals surface area contributed by atoms with Crippen LogP contribution in [0.15, 0.2) is 12.3 Å². The van der Waals surface area contributed by atoms with Gasteiger partial charge in [0.2, 0.25) is 0 Å². The summed E-state index contributed by atoms with van der Waals surface area (Å²) in [5.41, 5.74) is 8.19. The smallest absolute Gasteiger partial charge is 0.255 e. The minimum atomic E-state index is 0.0546. The topological polar surface area (TPSA) is 77.0 Å². The molecule has 0 aromatic carbocycles. The lowest BCUT2D eigenvalue weighted by atomic mass is 10.00. The van der Waals surface area contributed by atoms with Gasteiger partial charge in [0.1, 0.15) is 0 Å². The highest BCUT2D eigenvalue weighted by molar-refractivity contribution is 6.05. The van der Waals surface area contributed by atoms with E-state index in [0.717, 1.165) is 42.5 Å². The maximum Gasteiger partial charge on any atom is 0.255 e. The van der Waals surface area contributed by atoms with Gasteiger partial charge in [0.25, 0.3) is 5.91 Å². The second-order valence-electron chi connectivity index (χ2n) is 6.62. The zero-order valence-electron chi connectivity index (χ0n) is 14.1. The predicted octanol–water partition coefficient (Wildman–Crippen LogP) is 2.27. The number of likely N-dealkylation sites (tertiary alicyclic amines) is 1. The van der Waals surface area contributed by atoms with Gasteiger partial charge in [0.15, 0.2) is 5.65 Å². The largest absolute Gasteiger partial charge is 0.334 e. The molecule has 2 aromatic rings. The monoisotopic (exact) mass is 315 g/mol. The molecule has 1 saturated heterocycles. The van der Waals surface area contributed by atoms with Crippen molar-refractivity contribution in [3.63, 3.8) is 0 Å². The van der Waals surface area contributed by atoms with Crippen molar-refractivity contribution >= 4 is 16.9 Å². The van der Waals surface area contributed by atoms with Gasteiger partial charge in [-0.15, -0.1) is 0 Å². The van der Waals surface area contributed by atoms with Crippen LogP contribution in [0.1, 0.15) is 55.2 Å². The molecule has 23 heavy (non-hydrogen) atoms. The van der Waals surface area contributed by atoms with E-state index in [9.17, 15) is 4.79 Å². The van der Waals surface area contributed by atoms with Gasteiger partial charge < -0.3 is 10.6 Å². The van der Waals surface area contributed by atoms with Gasteiger partial charge in [-0.2, -0.15) is 5.10 Å². The van der Waals surface area contributed by atoms with Crippen molar-refractivity contribution in [2.24, 2.45) is 5.73 Å². The van der Waals surface area contributed by atoms with E-state index in [0.29, 0.717) is 12.1 Å². The molecule has 0 radical (unpaired) electrons. The van der Waals surface area contributed by atoms with Crippen molar-refractivity contribution < 1.29 is 4.79 Å². The third-order valence-electron chi connectivity index (χ3n) is 4.57. The van der Waals surface area contributed by atoms with Crippen LogP contribution in [0.25, 0.3) is 11.0 Å². The fourth-order valence-corrected chi connectivity index (χ4v) is 3.37. The summed E-state index contributed by atoms with van der Waals surface area (Å²) in [7, 11) is 0. The lowest BCUT2D eigenvalue weighted by molar-refractivity contribution is 0.0625. The first-order valence-corrected chi connectivity index (χ1v) is 8.38. The average molecular weight is 315 g/mol. The molecule has 1 fully saturated rings. The first kappa shape index (κ1) is 15.9. The third-order valence-corrected chi connectivity index (χ3v) is 4.57. The van der Waals surface area contributed by atoms with Crippen molar-refractivity contribution in [1.29, 1.82) is 0 Å². The van der Waals surface area contributed by atoms with Crippen LogP contribution in [0.4, 0.5) is 0 Å². The van der Waals surface area contributed by atoms with Gasteiger partial charge in [0, 0.05) is 30.9 Å². The average Bonchev–Trinajstić information content (AvgIpc) is 2.97. The van der Waals surface area contributed by atoms with E-state index in [4.69, 9.17) is 5.73 Å². The molecule has 6 heteroatoms. The number of fused-ring (bicyclic) bond motifs is 1. The quantitative estimate of drug-likeness (QED) is 0.942. The first-order valence-electron chi connectivity index (χ1n) is 8.38. The molecule has 2 N–H and O–H groups in total. The zero-order chi connectivity index (χ0) is 16.6. The summed E-state index contributed by atoms with van der Waals surface area (Å²) < 4.78 is 1.87. The highest BCUT2D eigenvalue weighted by Crippen LogP contribution is 2.25. The number of carbonyl (C=O) groups excluding carboxylic acids is 1. The molecule has 3 heterocycles. The normalized spacial score (nSPS) is 18.8. The molecule has 0 aliphatic carbocycles. The molecule has 1 atom stereocenters. The van der Waals surface area contributed by atoms with Crippen molar-refractivity contribution in [1.82, 2.24) is 19.7 Å². The molecule has 0 saturated carbocycles. The van der Waals surface area contributed by atoms with Crippen LogP contribution in [-0.4, -0.2) is 44.7 Å². The summed E-state index contributed by atoms with van der Waals surface area (Å²) in [6.45, 7) is 7.34. The van der Waals surface area contributed by atoms with Crippen molar-refractivity contribution in [3.8, 4) is 0 Å². The minimum absolute atomic E-state index is 0.0546. The molecular formula is C17H25N5O. The molecule has 3 rings (SSSR count). The fraction of sp³-hybridized carbons (Fsp3) is 0.588. The van der Waals surface area contributed by atoms with Crippen molar-refractivity contribution in [3.05, 3.63) is 23.5 Å². The predicted molar refractivity (Wildman–Crippen MR) is 90.4 cm³/mol. The van der Waals surface area contributed by atoms with E-state index in [1.54, 1.807) is 6.20 Å². The number of nitrogens with two attached hydrogens (primary N) is 1. The van der Waals surface area contributed by atoms with Crippen LogP contribution in [-0.2, 0) is 0 Å². The van der Waals surface area contributed by atoms with Crippen LogP contribution in [0, 0.1) is 6.92 Å². The van der Waals surface area contributed by atoms with E-state index in [1.807, 2.05) is 22.6 Å². The first-order chi connectivity index (χ1) is 11.0. The van der Waals surface area contributed by atoms with Gasteiger partial charge in [-0.3, -0.25) is 4.79 Å². The molecule has 1 amide bonds. The number of piperidine rings is 1. The summed E-state index contributed by atoms with van der Waals surface area (Å²) in [4.78, 5) is 19.6. The Hall–Kier alpha value is -1.95. The Kier molecular flexibility index (Phi) is 4.35. The number of aromatic nitrogens is 3. The Bertz CT molecular complexity index is 721. The van der Waals surface area contributed by atoms with E-state index < -0.39 is 0 Å². The number of rotatable bonds is 3. The summed E-state index contributed by atoms with van der Waals surface area (Å²) in [6, 6.07) is 2.22. The standard InChI is InChI=1S/C17H25N5O/c1-11(2)22-16-15(10-19-22)14(8-12(3)20-16)17(23)21-7-5-4-6-13(21)9-18/h8,10-11,13H,4-7,9,18H2,1-3H3. The molecule has 0 bridgehead atoms. The van der Waals surface area contributed by atoms with E-state index in [2.05, 4.69) is 23.9 Å². The maximum absolute atomic E-state index is 13.1. The third kappa shape index (κ3) is 2.83. The van der Waals surface area contributed by atoms with E-state index in [1.165, 1.54) is 0 Å². The summed E-state index contributed by atoms with van der Waals surface area (Å²) in [5, 5.41) is 5.25. The molecule has 2 aromatic heterocycles. The van der Waals surface area contributed by atoms with Crippen molar-refractivity contribution in [2.75, 3.05) is 13.1 Å². The SMILES string of the molecule is Cc1cc(C(=O)N2CCCCC2CN)c2cnn(C(C)C)c2n1. The highest BCUT2D eigenvalue weighted by Gasteiger charge is 2.28. The number of pyridine rings is 1. The maximum atomic E-state index is 13.1. The Labute approximate surface area is 136 Å². The molecule has 1 unspecified atom stereocenters. The van der Waals surface area contributed by atoms with Gasteiger partial charge in [-0.1, -0.05) is 0 Å². The van der Waals surface area contributed by atoms with Gasteiger partial charge >= 0.3 is 0 Å². The number of aryl methyl sites for hydroxylation is 1. The Morgan fingerprint density at radius 1 is 1.43 bits per heavy atom. The summed E-state index contributed by atoms with van der Waals surface area (Å²) >= 11 is 0. The number of hydrogen-bond acceptors (Lipinski definition) is 4. The second kappa shape index (κ2) is 6.28. The zero-order valence-corrected chi connectivity index (χ0v) is 14.1. The lowest BCUT2D eigenvalue weighted by Gasteiger charge is -2.35. The molecule has 124 valence electrons. The Morgan fingerprint density at radius 2 is 2.22 bits per heavy atom. The molecule has 1 aliphatic heterocycles. The summed E-state index contributed by atoms with van der Waals surface area (Å²) in [6.07, 6.45) is 4.93. The Balaban J connectivity index is 2.06. The minimum Gasteiger partial charge on any atom is -0.334 e. The number of nitrogens with zero attached hydrogens (tertiary/aromatic N) is 4.